The van der Waals surface area contributed by atoms with Crippen LogP contribution in [0.3, 0.4) is 0 Å². The zero-order chi connectivity index (χ0) is 17.1. The molecule has 0 aromatic carbocycles. The maximum Gasteiger partial charge on any atom is 0.258 e. The summed E-state index contributed by atoms with van der Waals surface area (Å²) in [5.41, 5.74) is 0.206. The number of nitrogens with one attached hydrogen (secondary N) is 1. The van der Waals surface area contributed by atoms with Crippen LogP contribution in [0.2, 0.25) is 0 Å². The van der Waals surface area contributed by atoms with E-state index >= 15 is 0 Å². The molecule has 0 atom stereocenters. The lowest BCUT2D eigenvalue weighted by Crippen LogP contribution is -2.51. The smallest absolute Gasteiger partial charge is 0.258 e. The van der Waals surface area contributed by atoms with Gasteiger partial charge in [-0.1, -0.05) is 12.8 Å². The van der Waals surface area contributed by atoms with E-state index in [-0.39, 0.29) is 5.03 Å². The molecular formula is C16H30N4O2S. The Morgan fingerprint density at radius 3 is 2.39 bits per heavy atom. The molecule has 0 aliphatic carbocycles. The van der Waals surface area contributed by atoms with Crippen LogP contribution in [-0.4, -0.2) is 48.3 Å². The van der Waals surface area contributed by atoms with Crippen LogP contribution in [0.5, 0.6) is 0 Å². The third kappa shape index (κ3) is 5.02. The first-order chi connectivity index (χ1) is 10.7. The summed E-state index contributed by atoms with van der Waals surface area (Å²) in [6.45, 7) is 11.0. The molecule has 6 nitrogen and oxygen atoms in total. The van der Waals surface area contributed by atoms with Crippen LogP contribution in [0.15, 0.2) is 11.1 Å². The fourth-order valence-electron chi connectivity index (χ4n) is 3.27. The predicted molar refractivity (Wildman–Crippen MR) is 91.9 cm³/mol. The number of hydrogen-bond donors (Lipinski definition) is 1. The predicted octanol–water partition coefficient (Wildman–Crippen LogP) is 2.14. The summed E-state index contributed by atoms with van der Waals surface area (Å²) in [5.74, 6) is 0. The van der Waals surface area contributed by atoms with Crippen LogP contribution >= 0.6 is 0 Å². The number of aromatic nitrogens is 2. The monoisotopic (exact) mass is 342 g/mol. The average Bonchev–Trinajstić information content (AvgIpc) is 2.65. The minimum Gasteiger partial charge on any atom is -0.301 e. The normalized spacial score (nSPS) is 18.1. The molecule has 0 spiro atoms. The van der Waals surface area contributed by atoms with Gasteiger partial charge in [0.25, 0.3) is 10.0 Å². The van der Waals surface area contributed by atoms with Crippen molar-refractivity contribution in [3.05, 3.63) is 11.8 Å². The highest BCUT2D eigenvalue weighted by Crippen LogP contribution is 2.18. The van der Waals surface area contributed by atoms with E-state index in [4.69, 9.17) is 0 Å². The fourth-order valence-corrected chi connectivity index (χ4v) is 4.94. The third-order valence-electron chi connectivity index (χ3n) is 4.17. The molecule has 0 unspecified atom stereocenters. The zero-order valence-electron chi connectivity index (χ0n) is 14.8. The number of nitrogens with zero attached hydrogens (tertiary/aromatic N) is 3. The van der Waals surface area contributed by atoms with Crippen LogP contribution in [-0.2, 0) is 16.6 Å². The SMILES string of the molecule is CCn1nc(C)cc1S(=O)(=O)NC(C)(C)CN1CCCCCC1. The molecule has 1 saturated heterocycles. The van der Waals surface area contributed by atoms with Gasteiger partial charge in [0, 0.05) is 18.6 Å². The maximum atomic E-state index is 12.8. The standard InChI is InChI=1S/C16H30N4O2S/c1-5-20-15(12-14(2)17-20)23(21,22)18-16(3,4)13-19-10-8-6-7-9-11-19/h12,18H,5-11,13H2,1-4H3. The van der Waals surface area contributed by atoms with Crippen molar-refractivity contribution in [1.29, 1.82) is 0 Å². The molecule has 132 valence electrons. The summed E-state index contributed by atoms with van der Waals surface area (Å²) < 4.78 is 29.9. The van der Waals surface area contributed by atoms with Crippen LogP contribution in [0.4, 0.5) is 0 Å². The second-order valence-electron chi connectivity index (χ2n) is 7.12. The summed E-state index contributed by atoms with van der Waals surface area (Å²) in [6.07, 6.45) is 4.95. The molecule has 0 bridgehead atoms. The van der Waals surface area contributed by atoms with Gasteiger partial charge in [-0.3, -0.25) is 4.68 Å². The highest BCUT2D eigenvalue weighted by atomic mass is 32.2. The van der Waals surface area contributed by atoms with Gasteiger partial charge in [-0.15, -0.1) is 0 Å². The van der Waals surface area contributed by atoms with Crippen LogP contribution in [0.1, 0.15) is 52.1 Å². The van der Waals surface area contributed by atoms with Crippen molar-refractivity contribution in [1.82, 2.24) is 19.4 Å². The number of aryl methyl sites for hydroxylation is 2. The van der Waals surface area contributed by atoms with E-state index in [2.05, 4.69) is 14.7 Å². The fraction of sp³-hybridized carbons (Fsp3) is 0.812. The van der Waals surface area contributed by atoms with Gasteiger partial charge in [-0.25, -0.2) is 13.1 Å². The van der Waals surface area contributed by atoms with E-state index in [0.29, 0.717) is 6.54 Å². The van der Waals surface area contributed by atoms with Crippen molar-refractivity contribution in [3.63, 3.8) is 0 Å². The Kier molecular flexibility index (Phi) is 5.86. The lowest BCUT2D eigenvalue weighted by Gasteiger charge is -2.32. The van der Waals surface area contributed by atoms with Crippen molar-refractivity contribution >= 4 is 10.0 Å². The second kappa shape index (κ2) is 7.32. The van der Waals surface area contributed by atoms with E-state index in [1.807, 2.05) is 27.7 Å². The molecule has 1 aliphatic rings. The number of likely N-dealkylation sites (tertiary alicyclic amines) is 1. The molecule has 1 aromatic rings. The molecule has 23 heavy (non-hydrogen) atoms. The first kappa shape index (κ1) is 18.4. The van der Waals surface area contributed by atoms with E-state index in [0.717, 1.165) is 25.3 Å². The van der Waals surface area contributed by atoms with Crippen LogP contribution in [0.25, 0.3) is 0 Å². The summed E-state index contributed by atoms with van der Waals surface area (Å²) in [5, 5.41) is 4.49. The van der Waals surface area contributed by atoms with Gasteiger partial charge in [0.05, 0.1) is 5.69 Å². The van der Waals surface area contributed by atoms with Gasteiger partial charge in [0.15, 0.2) is 5.03 Å². The summed E-state index contributed by atoms with van der Waals surface area (Å²) in [6, 6.07) is 1.63. The Labute approximate surface area is 140 Å². The zero-order valence-corrected chi connectivity index (χ0v) is 15.6. The second-order valence-corrected chi connectivity index (χ2v) is 8.75. The number of rotatable bonds is 6. The molecule has 0 amide bonds. The topological polar surface area (TPSA) is 67.2 Å². The molecule has 1 N–H and O–H groups in total. The number of hydrogen-bond acceptors (Lipinski definition) is 4. The van der Waals surface area contributed by atoms with E-state index in [1.54, 1.807) is 10.7 Å². The number of sulfonamides is 1. The largest absolute Gasteiger partial charge is 0.301 e. The highest BCUT2D eigenvalue weighted by molar-refractivity contribution is 7.89. The van der Waals surface area contributed by atoms with E-state index in [9.17, 15) is 8.42 Å². The van der Waals surface area contributed by atoms with Gasteiger partial charge in [0.1, 0.15) is 0 Å². The Morgan fingerprint density at radius 1 is 1.22 bits per heavy atom. The molecule has 2 heterocycles. The van der Waals surface area contributed by atoms with Gasteiger partial charge >= 0.3 is 0 Å². The van der Waals surface area contributed by atoms with Crippen molar-refractivity contribution in [2.24, 2.45) is 0 Å². The maximum absolute atomic E-state index is 12.8. The van der Waals surface area contributed by atoms with Crippen molar-refractivity contribution in [2.75, 3.05) is 19.6 Å². The summed E-state index contributed by atoms with van der Waals surface area (Å²) >= 11 is 0. The van der Waals surface area contributed by atoms with Crippen LogP contribution in [0, 0.1) is 6.92 Å². The van der Waals surface area contributed by atoms with Crippen molar-refractivity contribution in [2.45, 2.75) is 70.5 Å². The minimum atomic E-state index is -3.58. The third-order valence-corrected chi connectivity index (χ3v) is 5.87. The van der Waals surface area contributed by atoms with E-state index < -0.39 is 15.6 Å². The van der Waals surface area contributed by atoms with Gasteiger partial charge < -0.3 is 4.90 Å². The quantitative estimate of drug-likeness (QED) is 0.860. The first-order valence-electron chi connectivity index (χ1n) is 8.54. The van der Waals surface area contributed by atoms with Gasteiger partial charge in [-0.2, -0.15) is 5.10 Å². The first-order valence-corrected chi connectivity index (χ1v) is 10.0. The van der Waals surface area contributed by atoms with Gasteiger partial charge in [-0.05, 0) is 59.7 Å². The minimum absolute atomic E-state index is 0.251. The Balaban J connectivity index is 2.11. The molecule has 2 rings (SSSR count). The lowest BCUT2D eigenvalue weighted by molar-refractivity contribution is 0.223. The molecule has 0 radical (unpaired) electrons. The molecular weight excluding hydrogens is 312 g/mol. The molecule has 0 saturated carbocycles. The highest BCUT2D eigenvalue weighted by Gasteiger charge is 2.30. The molecule has 1 aromatic heterocycles. The Hall–Kier alpha value is -0.920. The van der Waals surface area contributed by atoms with E-state index in [1.165, 1.54) is 25.7 Å². The van der Waals surface area contributed by atoms with Gasteiger partial charge in [0.2, 0.25) is 0 Å². The molecule has 1 fully saturated rings. The summed E-state index contributed by atoms with van der Waals surface area (Å²) in [7, 11) is -3.58. The van der Waals surface area contributed by atoms with Crippen molar-refractivity contribution in [3.8, 4) is 0 Å². The van der Waals surface area contributed by atoms with Crippen LogP contribution < -0.4 is 4.72 Å². The Bertz CT molecular complexity index is 614. The Morgan fingerprint density at radius 2 is 1.83 bits per heavy atom. The lowest BCUT2D eigenvalue weighted by atomic mass is 10.1. The average molecular weight is 343 g/mol. The molecule has 7 heteroatoms. The summed E-state index contributed by atoms with van der Waals surface area (Å²) in [4.78, 5) is 2.37. The molecule has 1 aliphatic heterocycles. The van der Waals surface area contributed by atoms with Crippen molar-refractivity contribution < 1.29 is 8.42 Å².